The van der Waals surface area contributed by atoms with Gasteiger partial charge in [0.15, 0.2) is 5.01 Å². The molecule has 5 heteroatoms. The number of hydrogen-bond acceptors (Lipinski definition) is 5. The SMILES string of the molecule is CC(C)(C)NCCCc1nnc(-c2ccoc2)s1. The predicted molar refractivity (Wildman–Crippen MR) is 73.7 cm³/mol. The summed E-state index contributed by atoms with van der Waals surface area (Å²) in [5.41, 5.74) is 1.19. The number of nitrogens with one attached hydrogen (secondary N) is 1. The molecule has 4 nitrogen and oxygen atoms in total. The second kappa shape index (κ2) is 5.63. The molecule has 0 aliphatic carbocycles. The fourth-order valence-electron chi connectivity index (χ4n) is 1.56. The first-order chi connectivity index (χ1) is 8.54. The van der Waals surface area contributed by atoms with Gasteiger partial charge in [0.05, 0.1) is 11.8 Å². The van der Waals surface area contributed by atoms with Gasteiger partial charge in [-0.2, -0.15) is 0 Å². The Morgan fingerprint density at radius 2 is 2.17 bits per heavy atom. The minimum absolute atomic E-state index is 0.184. The summed E-state index contributed by atoms with van der Waals surface area (Å²) in [6.45, 7) is 7.53. The van der Waals surface area contributed by atoms with E-state index < -0.39 is 0 Å². The number of furan rings is 1. The van der Waals surface area contributed by atoms with Gasteiger partial charge in [0.25, 0.3) is 0 Å². The Balaban J connectivity index is 1.81. The highest BCUT2D eigenvalue weighted by atomic mass is 32.1. The predicted octanol–water partition coefficient (Wildman–Crippen LogP) is 3.12. The van der Waals surface area contributed by atoms with Crippen molar-refractivity contribution in [2.75, 3.05) is 6.54 Å². The molecule has 0 saturated carbocycles. The van der Waals surface area contributed by atoms with Crippen LogP contribution in [0.15, 0.2) is 23.0 Å². The van der Waals surface area contributed by atoms with Crippen LogP contribution in [0.4, 0.5) is 0 Å². The van der Waals surface area contributed by atoms with Crippen molar-refractivity contribution in [1.29, 1.82) is 0 Å². The van der Waals surface area contributed by atoms with Crippen molar-refractivity contribution in [2.45, 2.75) is 39.2 Å². The van der Waals surface area contributed by atoms with E-state index in [2.05, 4.69) is 36.3 Å². The largest absolute Gasteiger partial charge is 0.472 e. The maximum Gasteiger partial charge on any atom is 0.151 e. The molecular formula is C13H19N3OS. The van der Waals surface area contributed by atoms with Crippen LogP contribution in [0.5, 0.6) is 0 Å². The van der Waals surface area contributed by atoms with Crippen molar-refractivity contribution >= 4 is 11.3 Å². The van der Waals surface area contributed by atoms with Crippen molar-refractivity contribution in [3.8, 4) is 10.6 Å². The fourth-order valence-corrected chi connectivity index (χ4v) is 2.43. The van der Waals surface area contributed by atoms with Gasteiger partial charge in [-0.25, -0.2) is 0 Å². The molecule has 0 amide bonds. The molecule has 0 saturated heterocycles. The van der Waals surface area contributed by atoms with Crippen LogP contribution in [0.2, 0.25) is 0 Å². The molecule has 2 aromatic rings. The topological polar surface area (TPSA) is 51.0 Å². The van der Waals surface area contributed by atoms with E-state index >= 15 is 0 Å². The Morgan fingerprint density at radius 1 is 1.33 bits per heavy atom. The lowest BCUT2D eigenvalue weighted by atomic mass is 10.1. The van der Waals surface area contributed by atoms with E-state index in [1.807, 2.05) is 6.07 Å². The zero-order valence-electron chi connectivity index (χ0n) is 11.1. The third-order valence-corrected chi connectivity index (χ3v) is 3.49. The second-order valence-electron chi connectivity index (χ2n) is 5.29. The van der Waals surface area contributed by atoms with Crippen molar-refractivity contribution in [1.82, 2.24) is 15.5 Å². The summed E-state index contributed by atoms with van der Waals surface area (Å²) >= 11 is 1.64. The summed E-state index contributed by atoms with van der Waals surface area (Å²) in [6, 6.07) is 1.91. The number of aromatic nitrogens is 2. The number of rotatable bonds is 5. The zero-order valence-corrected chi connectivity index (χ0v) is 11.9. The molecule has 0 atom stereocenters. The van der Waals surface area contributed by atoms with Crippen LogP contribution in [-0.2, 0) is 6.42 Å². The second-order valence-corrected chi connectivity index (χ2v) is 6.36. The number of nitrogens with zero attached hydrogens (tertiary/aromatic N) is 2. The van der Waals surface area contributed by atoms with Gasteiger partial charge in [0, 0.05) is 12.0 Å². The van der Waals surface area contributed by atoms with E-state index in [-0.39, 0.29) is 5.54 Å². The fraction of sp³-hybridized carbons (Fsp3) is 0.538. The summed E-state index contributed by atoms with van der Waals surface area (Å²) in [5.74, 6) is 0. The molecule has 1 N–H and O–H groups in total. The maximum absolute atomic E-state index is 5.04. The van der Waals surface area contributed by atoms with Gasteiger partial charge in [0.1, 0.15) is 11.3 Å². The molecule has 18 heavy (non-hydrogen) atoms. The van der Waals surface area contributed by atoms with E-state index in [1.54, 1.807) is 23.9 Å². The Hall–Kier alpha value is -1.20. The van der Waals surface area contributed by atoms with Gasteiger partial charge in [-0.3, -0.25) is 0 Å². The molecule has 0 aliphatic heterocycles. The minimum atomic E-state index is 0.184. The van der Waals surface area contributed by atoms with Gasteiger partial charge in [-0.05, 0) is 39.8 Å². The highest BCUT2D eigenvalue weighted by Gasteiger charge is 2.09. The van der Waals surface area contributed by atoms with Crippen molar-refractivity contribution in [3.05, 3.63) is 23.6 Å². The van der Waals surface area contributed by atoms with Gasteiger partial charge >= 0.3 is 0 Å². The van der Waals surface area contributed by atoms with Crippen LogP contribution < -0.4 is 5.32 Å². The number of aryl methyl sites for hydroxylation is 1. The molecule has 0 spiro atoms. The molecule has 98 valence electrons. The Kier molecular flexibility index (Phi) is 4.14. The van der Waals surface area contributed by atoms with Gasteiger partial charge in [-0.15, -0.1) is 10.2 Å². The maximum atomic E-state index is 5.04. The molecule has 0 aliphatic rings. The Morgan fingerprint density at radius 3 is 2.83 bits per heavy atom. The van der Waals surface area contributed by atoms with Gasteiger partial charge in [-0.1, -0.05) is 11.3 Å². The molecule has 0 bridgehead atoms. The lowest BCUT2D eigenvalue weighted by Gasteiger charge is -2.20. The Bertz CT molecular complexity index is 471. The summed E-state index contributed by atoms with van der Waals surface area (Å²) < 4.78 is 5.04. The van der Waals surface area contributed by atoms with Gasteiger partial charge < -0.3 is 9.73 Å². The molecular weight excluding hydrogens is 246 g/mol. The summed E-state index contributed by atoms with van der Waals surface area (Å²) in [4.78, 5) is 0. The van der Waals surface area contributed by atoms with Crippen LogP contribution in [0, 0.1) is 0 Å². The Labute approximate surface area is 111 Å². The van der Waals surface area contributed by atoms with E-state index in [4.69, 9.17) is 4.42 Å². The lowest BCUT2D eigenvalue weighted by Crippen LogP contribution is -2.36. The van der Waals surface area contributed by atoms with Gasteiger partial charge in [0.2, 0.25) is 0 Å². The zero-order chi connectivity index (χ0) is 13.0. The first-order valence-electron chi connectivity index (χ1n) is 6.14. The average Bonchev–Trinajstić information content (AvgIpc) is 2.93. The third kappa shape index (κ3) is 3.92. The van der Waals surface area contributed by atoms with Crippen LogP contribution in [0.25, 0.3) is 10.6 Å². The van der Waals surface area contributed by atoms with Crippen LogP contribution in [-0.4, -0.2) is 22.3 Å². The third-order valence-electron chi connectivity index (χ3n) is 2.46. The van der Waals surface area contributed by atoms with E-state index in [9.17, 15) is 0 Å². The molecule has 2 heterocycles. The summed E-state index contributed by atoms with van der Waals surface area (Å²) in [5, 5.41) is 13.9. The molecule has 0 radical (unpaired) electrons. The van der Waals surface area contributed by atoms with E-state index in [0.29, 0.717) is 0 Å². The highest BCUT2D eigenvalue weighted by Crippen LogP contribution is 2.24. The van der Waals surface area contributed by atoms with Crippen molar-refractivity contribution in [3.63, 3.8) is 0 Å². The molecule has 0 unspecified atom stereocenters. The molecule has 2 rings (SSSR count). The average molecular weight is 265 g/mol. The molecule has 0 aromatic carbocycles. The normalized spacial score (nSPS) is 11.9. The molecule has 2 aromatic heterocycles. The monoisotopic (exact) mass is 265 g/mol. The minimum Gasteiger partial charge on any atom is -0.472 e. The quantitative estimate of drug-likeness (QED) is 0.844. The van der Waals surface area contributed by atoms with Crippen molar-refractivity contribution < 1.29 is 4.42 Å². The first-order valence-corrected chi connectivity index (χ1v) is 6.96. The summed E-state index contributed by atoms with van der Waals surface area (Å²) in [6.07, 6.45) is 5.41. The summed E-state index contributed by atoms with van der Waals surface area (Å²) in [7, 11) is 0. The number of hydrogen-bond donors (Lipinski definition) is 1. The van der Waals surface area contributed by atoms with Crippen LogP contribution >= 0.6 is 11.3 Å². The van der Waals surface area contributed by atoms with Crippen LogP contribution in [0.3, 0.4) is 0 Å². The van der Waals surface area contributed by atoms with E-state index in [1.165, 1.54) is 0 Å². The smallest absolute Gasteiger partial charge is 0.151 e. The highest BCUT2D eigenvalue weighted by molar-refractivity contribution is 7.14. The standard InChI is InChI=1S/C13H19N3OS/c1-13(2,3)14-7-4-5-11-15-16-12(18-11)10-6-8-17-9-10/h6,8-9,14H,4-5,7H2,1-3H3. The first kappa shape index (κ1) is 13.2. The van der Waals surface area contributed by atoms with Crippen LogP contribution in [0.1, 0.15) is 32.2 Å². The lowest BCUT2D eigenvalue weighted by molar-refractivity contribution is 0.422. The van der Waals surface area contributed by atoms with E-state index in [0.717, 1.165) is 35.0 Å². The molecule has 0 fully saturated rings. The van der Waals surface area contributed by atoms with Crippen molar-refractivity contribution in [2.24, 2.45) is 0 Å².